The molecule has 0 saturated heterocycles. The van der Waals surface area contributed by atoms with E-state index in [0.29, 0.717) is 26.2 Å². The molecular formula is C13H24N2O4. The normalized spacial score (nSPS) is 13.4. The molecule has 0 aliphatic heterocycles. The van der Waals surface area contributed by atoms with Gasteiger partial charge in [-0.25, -0.2) is 4.79 Å². The van der Waals surface area contributed by atoms with Crippen LogP contribution in [0.4, 0.5) is 4.79 Å². The van der Waals surface area contributed by atoms with Gasteiger partial charge >= 0.3 is 12.0 Å². The molecule has 0 bridgehead atoms. The predicted molar refractivity (Wildman–Crippen MR) is 73.1 cm³/mol. The van der Waals surface area contributed by atoms with Crippen molar-refractivity contribution in [2.75, 3.05) is 26.3 Å². The van der Waals surface area contributed by atoms with Crippen LogP contribution in [0.1, 0.15) is 26.7 Å². The molecule has 6 nitrogen and oxygen atoms in total. The second kappa shape index (κ2) is 9.38. The third-order valence-electron chi connectivity index (χ3n) is 2.93. The largest absolute Gasteiger partial charge is 0.481 e. The Kier molecular flexibility index (Phi) is 8.61. The number of carboxylic acid groups (broad SMARTS) is 1. The summed E-state index contributed by atoms with van der Waals surface area (Å²) < 4.78 is 5.22. The third-order valence-corrected chi connectivity index (χ3v) is 2.93. The number of hydrogen-bond acceptors (Lipinski definition) is 3. The van der Waals surface area contributed by atoms with E-state index in [4.69, 9.17) is 9.84 Å². The lowest BCUT2D eigenvalue weighted by Gasteiger charge is -2.23. The zero-order valence-electron chi connectivity index (χ0n) is 11.7. The van der Waals surface area contributed by atoms with Crippen LogP contribution in [0.3, 0.4) is 0 Å². The van der Waals surface area contributed by atoms with Crippen molar-refractivity contribution in [1.82, 2.24) is 10.6 Å². The smallest absolute Gasteiger partial charge is 0.314 e. The molecule has 0 aromatic heterocycles. The molecule has 0 aliphatic rings. The van der Waals surface area contributed by atoms with E-state index in [0.717, 1.165) is 6.42 Å². The number of carbonyl (C=O) groups is 2. The topological polar surface area (TPSA) is 87.7 Å². The van der Waals surface area contributed by atoms with Crippen molar-refractivity contribution in [3.05, 3.63) is 12.7 Å². The summed E-state index contributed by atoms with van der Waals surface area (Å²) >= 11 is 0. The van der Waals surface area contributed by atoms with Crippen molar-refractivity contribution in [2.24, 2.45) is 5.41 Å². The van der Waals surface area contributed by atoms with E-state index in [9.17, 15) is 9.59 Å². The lowest BCUT2D eigenvalue weighted by atomic mass is 9.88. The highest BCUT2D eigenvalue weighted by atomic mass is 16.5. The van der Waals surface area contributed by atoms with Gasteiger partial charge in [0.25, 0.3) is 0 Å². The highest BCUT2D eigenvalue weighted by molar-refractivity contribution is 5.77. The summed E-state index contributed by atoms with van der Waals surface area (Å²) in [6.07, 6.45) is 2.99. The van der Waals surface area contributed by atoms with E-state index in [1.54, 1.807) is 19.9 Å². The molecule has 0 rings (SSSR count). The van der Waals surface area contributed by atoms with Gasteiger partial charge in [-0.2, -0.15) is 0 Å². The van der Waals surface area contributed by atoms with E-state index in [1.807, 2.05) is 0 Å². The lowest BCUT2D eigenvalue weighted by molar-refractivity contribution is -0.147. The van der Waals surface area contributed by atoms with Crippen molar-refractivity contribution < 1.29 is 19.4 Å². The number of ether oxygens (including phenoxy) is 1. The van der Waals surface area contributed by atoms with Crippen LogP contribution >= 0.6 is 0 Å². The summed E-state index contributed by atoms with van der Waals surface area (Å²) in [7, 11) is 0. The lowest BCUT2D eigenvalue weighted by Crippen LogP contribution is -2.45. The molecule has 1 unspecified atom stereocenters. The van der Waals surface area contributed by atoms with Gasteiger partial charge in [0, 0.05) is 13.1 Å². The second-order valence-corrected chi connectivity index (χ2v) is 4.52. The average molecular weight is 272 g/mol. The molecule has 6 heteroatoms. The van der Waals surface area contributed by atoms with Crippen molar-refractivity contribution >= 4 is 12.0 Å². The van der Waals surface area contributed by atoms with Gasteiger partial charge < -0.3 is 20.5 Å². The highest BCUT2D eigenvalue weighted by Crippen LogP contribution is 2.19. The van der Waals surface area contributed by atoms with E-state index >= 15 is 0 Å². The molecular weight excluding hydrogens is 248 g/mol. The average Bonchev–Trinajstić information content (AvgIpc) is 2.39. The number of nitrogens with one attached hydrogen (secondary N) is 2. The molecule has 3 N–H and O–H groups in total. The summed E-state index contributed by atoms with van der Waals surface area (Å²) in [6.45, 7) is 8.44. The first-order valence-corrected chi connectivity index (χ1v) is 6.40. The molecule has 110 valence electrons. The Bertz CT molecular complexity index is 307. The Hall–Kier alpha value is -1.56. The van der Waals surface area contributed by atoms with E-state index < -0.39 is 11.4 Å². The molecule has 2 amide bonds. The van der Waals surface area contributed by atoms with Crippen LogP contribution < -0.4 is 10.6 Å². The first-order chi connectivity index (χ1) is 8.96. The highest BCUT2D eigenvalue weighted by Gasteiger charge is 2.31. The SMILES string of the molecule is C=CCCOCCNC(=O)NCC(C)(CC)C(=O)O. The standard InChI is InChI=1S/C13H24N2O4/c1-4-6-8-19-9-7-14-12(18)15-10-13(3,5-2)11(16)17/h4H,1,5-10H2,2-3H3,(H,16,17)(H2,14,15,18). The maximum absolute atomic E-state index is 11.4. The number of rotatable bonds is 10. The van der Waals surface area contributed by atoms with Gasteiger partial charge in [0.1, 0.15) is 0 Å². The van der Waals surface area contributed by atoms with Crippen molar-refractivity contribution in [3.8, 4) is 0 Å². The van der Waals surface area contributed by atoms with Gasteiger partial charge in [0.15, 0.2) is 0 Å². The molecule has 0 spiro atoms. The van der Waals surface area contributed by atoms with Crippen LogP contribution in [0.15, 0.2) is 12.7 Å². The van der Waals surface area contributed by atoms with Gasteiger partial charge in [-0.05, 0) is 19.8 Å². The quantitative estimate of drug-likeness (QED) is 0.414. The fourth-order valence-corrected chi connectivity index (χ4v) is 1.20. The van der Waals surface area contributed by atoms with Crippen LogP contribution in [0.2, 0.25) is 0 Å². The van der Waals surface area contributed by atoms with Gasteiger partial charge in [0.05, 0.1) is 18.6 Å². The molecule has 0 aromatic carbocycles. The van der Waals surface area contributed by atoms with Crippen molar-refractivity contribution in [2.45, 2.75) is 26.7 Å². The Labute approximate surface area is 114 Å². The van der Waals surface area contributed by atoms with E-state index in [2.05, 4.69) is 17.2 Å². The fraction of sp³-hybridized carbons (Fsp3) is 0.692. The molecule has 0 heterocycles. The van der Waals surface area contributed by atoms with Gasteiger partial charge in [-0.3, -0.25) is 4.79 Å². The van der Waals surface area contributed by atoms with E-state index in [-0.39, 0.29) is 12.6 Å². The zero-order chi connectivity index (χ0) is 14.7. The van der Waals surface area contributed by atoms with Crippen LogP contribution in [0, 0.1) is 5.41 Å². The third kappa shape index (κ3) is 7.46. The van der Waals surface area contributed by atoms with Gasteiger partial charge in [-0.1, -0.05) is 13.0 Å². The van der Waals surface area contributed by atoms with Gasteiger partial charge in [-0.15, -0.1) is 6.58 Å². The number of amides is 2. The summed E-state index contributed by atoms with van der Waals surface area (Å²) in [4.78, 5) is 22.5. The summed E-state index contributed by atoms with van der Waals surface area (Å²) in [6, 6.07) is -0.381. The van der Waals surface area contributed by atoms with Crippen LogP contribution in [0.25, 0.3) is 0 Å². The molecule has 0 radical (unpaired) electrons. The Balaban J connectivity index is 3.75. The molecule has 0 saturated carbocycles. The number of hydrogen-bond donors (Lipinski definition) is 3. The summed E-state index contributed by atoms with van der Waals surface area (Å²) in [5.74, 6) is -0.914. The Morgan fingerprint density at radius 1 is 1.37 bits per heavy atom. The molecule has 0 fully saturated rings. The minimum Gasteiger partial charge on any atom is -0.481 e. The molecule has 0 aromatic rings. The second-order valence-electron chi connectivity index (χ2n) is 4.52. The maximum atomic E-state index is 11.4. The van der Waals surface area contributed by atoms with E-state index in [1.165, 1.54) is 0 Å². The molecule has 0 aliphatic carbocycles. The maximum Gasteiger partial charge on any atom is 0.314 e. The predicted octanol–water partition coefficient (Wildman–Crippen LogP) is 1.38. The van der Waals surface area contributed by atoms with Gasteiger partial charge in [0.2, 0.25) is 0 Å². The summed E-state index contributed by atoms with van der Waals surface area (Å²) in [5.41, 5.74) is -0.933. The van der Waals surface area contributed by atoms with Crippen molar-refractivity contribution in [3.63, 3.8) is 0 Å². The molecule has 1 atom stereocenters. The Morgan fingerprint density at radius 2 is 2.05 bits per heavy atom. The van der Waals surface area contributed by atoms with Crippen LogP contribution in [-0.2, 0) is 9.53 Å². The minimum absolute atomic E-state index is 0.0992. The monoisotopic (exact) mass is 272 g/mol. The number of carboxylic acids is 1. The number of aliphatic carboxylic acids is 1. The molecule has 19 heavy (non-hydrogen) atoms. The zero-order valence-corrected chi connectivity index (χ0v) is 11.7. The van der Waals surface area contributed by atoms with Crippen LogP contribution in [0.5, 0.6) is 0 Å². The number of urea groups is 1. The fourth-order valence-electron chi connectivity index (χ4n) is 1.20. The first-order valence-electron chi connectivity index (χ1n) is 6.40. The van der Waals surface area contributed by atoms with Crippen LogP contribution in [-0.4, -0.2) is 43.4 Å². The number of carbonyl (C=O) groups excluding carboxylic acids is 1. The van der Waals surface area contributed by atoms with Crippen molar-refractivity contribution in [1.29, 1.82) is 0 Å². The first kappa shape index (κ1) is 17.4. The minimum atomic E-state index is -0.933. The summed E-state index contributed by atoms with van der Waals surface area (Å²) in [5, 5.41) is 14.2. The Morgan fingerprint density at radius 3 is 2.58 bits per heavy atom.